The van der Waals surface area contributed by atoms with Crippen LogP contribution in [0.2, 0.25) is 5.02 Å². The van der Waals surface area contributed by atoms with Crippen molar-refractivity contribution in [3.63, 3.8) is 0 Å². The predicted molar refractivity (Wildman–Crippen MR) is 121 cm³/mol. The number of halogens is 2. The van der Waals surface area contributed by atoms with E-state index in [9.17, 15) is 9.18 Å². The molecule has 152 valence electrons. The normalized spacial score (nSPS) is 17.0. The highest BCUT2D eigenvalue weighted by Crippen LogP contribution is 2.34. The van der Waals surface area contributed by atoms with Gasteiger partial charge in [-0.1, -0.05) is 59.4 Å². The van der Waals surface area contributed by atoms with Gasteiger partial charge in [0, 0.05) is 49.1 Å². The fourth-order valence-corrected chi connectivity index (χ4v) is 5.55. The summed E-state index contributed by atoms with van der Waals surface area (Å²) >= 11 is 9.32. The highest BCUT2D eigenvalue weighted by atomic mass is 35.5. The van der Waals surface area contributed by atoms with Crippen molar-refractivity contribution in [1.29, 1.82) is 0 Å². The van der Waals surface area contributed by atoms with Gasteiger partial charge >= 0.3 is 0 Å². The monoisotopic (exact) mass is 449 g/mol. The Morgan fingerprint density at radius 1 is 1.14 bits per heavy atom. The lowest BCUT2D eigenvalue weighted by atomic mass is 10.2. The highest BCUT2D eigenvalue weighted by Gasteiger charge is 2.23. The number of piperazine rings is 1. The number of nitrogens with zero attached hydrogens (tertiary/aromatic N) is 3. The molecule has 1 saturated heterocycles. The van der Waals surface area contributed by atoms with Gasteiger partial charge in [-0.25, -0.2) is 9.38 Å². The Balaban J connectivity index is 1.26. The zero-order valence-electron chi connectivity index (χ0n) is 15.8. The van der Waals surface area contributed by atoms with Crippen molar-refractivity contribution in [1.82, 2.24) is 9.80 Å². The van der Waals surface area contributed by atoms with Gasteiger partial charge in [0.05, 0.1) is 11.4 Å². The molecule has 2 aromatic carbocycles. The molecule has 0 spiro atoms. The maximum absolute atomic E-state index is 14.0. The largest absolute Gasteiger partial charge is 0.339 e. The Morgan fingerprint density at radius 2 is 1.93 bits per heavy atom. The molecule has 0 N–H and O–H groups in total. The van der Waals surface area contributed by atoms with Crippen molar-refractivity contribution in [3.05, 3.63) is 64.4 Å². The molecule has 0 aromatic heterocycles. The second-order valence-corrected chi connectivity index (χ2v) is 9.53. The van der Waals surface area contributed by atoms with Gasteiger partial charge in [-0.2, -0.15) is 0 Å². The Labute approximate surface area is 183 Å². The lowest BCUT2D eigenvalue weighted by molar-refractivity contribution is -0.130. The van der Waals surface area contributed by atoms with Crippen molar-refractivity contribution >= 4 is 51.1 Å². The molecule has 2 aliphatic rings. The van der Waals surface area contributed by atoms with Crippen LogP contribution in [0.25, 0.3) is 0 Å². The van der Waals surface area contributed by atoms with E-state index < -0.39 is 0 Å². The van der Waals surface area contributed by atoms with Crippen LogP contribution in [0.3, 0.4) is 0 Å². The van der Waals surface area contributed by atoms with E-state index >= 15 is 0 Å². The van der Waals surface area contributed by atoms with Crippen LogP contribution < -0.4 is 0 Å². The first-order valence-electron chi connectivity index (χ1n) is 9.45. The van der Waals surface area contributed by atoms with Crippen molar-refractivity contribution in [2.24, 2.45) is 4.99 Å². The molecule has 29 heavy (non-hydrogen) atoms. The number of hydrogen-bond donors (Lipinski definition) is 0. The molecule has 0 atom stereocenters. The van der Waals surface area contributed by atoms with E-state index in [0.717, 1.165) is 15.8 Å². The lowest BCUT2D eigenvalue weighted by Gasteiger charge is -2.35. The zero-order chi connectivity index (χ0) is 20.2. The van der Waals surface area contributed by atoms with Gasteiger partial charge in [-0.3, -0.25) is 9.69 Å². The number of thioether (sulfide) groups is 2. The van der Waals surface area contributed by atoms with E-state index in [-0.39, 0.29) is 11.7 Å². The van der Waals surface area contributed by atoms with Gasteiger partial charge in [-0.05, 0) is 23.8 Å². The lowest BCUT2D eigenvalue weighted by Crippen LogP contribution is -2.49. The average Bonchev–Trinajstić information content (AvgIpc) is 2.75. The summed E-state index contributed by atoms with van der Waals surface area (Å²) < 4.78 is 14.9. The van der Waals surface area contributed by atoms with E-state index in [1.165, 1.54) is 23.4 Å². The van der Waals surface area contributed by atoms with Crippen LogP contribution in [0.1, 0.15) is 11.1 Å². The molecule has 0 bridgehead atoms. The number of benzene rings is 2. The van der Waals surface area contributed by atoms with Crippen LogP contribution >= 0.6 is 35.1 Å². The fourth-order valence-electron chi connectivity index (χ4n) is 3.36. The van der Waals surface area contributed by atoms with Crippen molar-refractivity contribution in [2.75, 3.05) is 31.9 Å². The predicted octanol–water partition coefficient (Wildman–Crippen LogP) is 4.79. The van der Waals surface area contributed by atoms with Crippen molar-refractivity contribution in [2.45, 2.75) is 12.3 Å². The number of para-hydroxylation sites is 1. The molecule has 2 aromatic rings. The van der Waals surface area contributed by atoms with Gasteiger partial charge in [0.1, 0.15) is 10.2 Å². The summed E-state index contributed by atoms with van der Waals surface area (Å²) in [6.45, 7) is 3.19. The van der Waals surface area contributed by atoms with E-state index in [2.05, 4.69) is 16.0 Å². The SMILES string of the molecule is O=C(CSC1=Nc2ccccc2CS1)N1CCN(Cc2c(F)cccc2Cl)CC1. The van der Waals surface area contributed by atoms with Gasteiger partial charge in [-0.15, -0.1) is 0 Å². The van der Waals surface area contributed by atoms with Crippen LogP contribution in [0.15, 0.2) is 47.5 Å². The van der Waals surface area contributed by atoms with Crippen LogP contribution in [0, 0.1) is 5.82 Å². The number of carbonyl (C=O) groups is 1. The molecule has 1 amide bonds. The molecule has 0 radical (unpaired) electrons. The topological polar surface area (TPSA) is 35.9 Å². The Bertz CT molecular complexity index is 912. The molecular formula is C21H21ClFN3OS2. The van der Waals surface area contributed by atoms with Gasteiger partial charge in [0.15, 0.2) is 0 Å². The molecule has 0 unspecified atom stereocenters. The summed E-state index contributed by atoms with van der Waals surface area (Å²) in [6, 6.07) is 12.9. The second-order valence-electron chi connectivity index (χ2n) is 6.94. The third-order valence-electron chi connectivity index (χ3n) is 5.04. The smallest absolute Gasteiger partial charge is 0.233 e. The number of fused-ring (bicyclic) bond motifs is 1. The maximum Gasteiger partial charge on any atom is 0.233 e. The van der Waals surface area contributed by atoms with Gasteiger partial charge in [0.25, 0.3) is 0 Å². The summed E-state index contributed by atoms with van der Waals surface area (Å²) in [5.74, 6) is 1.14. The summed E-state index contributed by atoms with van der Waals surface area (Å²) in [5, 5.41) is 0.451. The Hall–Kier alpha value is -1.54. The van der Waals surface area contributed by atoms with Gasteiger partial charge in [0.2, 0.25) is 5.91 Å². The molecule has 2 heterocycles. The minimum Gasteiger partial charge on any atom is -0.339 e. The van der Waals surface area contributed by atoms with E-state index in [1.807, 2.05) is 23.1 Å². The Morgan fingerprint density at radius 3 is 2.72 bits per heavy atom. The van der Waals surface area contributed by atoms with E-state index in [4.69, 9.17) is 11.6 Å². The zero-order valence-corrected chi connectivity index (χ0v) is 18.2. The number of aliphatic imine (C=N–C) groups is 1. The van der Waals surface area contributed by atoms with Crippen LogP contribution in [-0.4, -0.2) is 52.0 Å². The Kier molecular flexibility index (Phi) is 6.80. The standard InChI is InChI=1S/C21H21ClFN3OS2/c22-17-5-3-6-18(23)16(17)12-25-8-10-26(11-9-25)20(27)14-29-21-24-19-7-2-1-4-15(19)13-28-21/h1-7H,8-14H2. The summed E-state index contributed by atoms with van der Waals surface area (Å²) in [6.07, 6.45) is 0. The third kappa shape index (κ3) is 5.15. The minimum atomic E-state index is -0.278. The second kappa shape index (κ2) is 9.51. The summed E-state index contributed by atoms with van der Waals surface area (Å²) in [7, 11) is 0. The number of amides is 1. The first-order valence-corrected chi connectivity index (χ1v) is 11.8. The van der Waals surface area contributed by atoms with Crippen LogP contribution in [0.4, 0.5) is 10.1 Å². The van der Waals surface area contributed by atoms with E-state index in [0.29, 0.717) is 49.1 Å². The molecule has 0 saturated carbocycles. The third-order valence-corrected chi connectivity index (χ3v) is 7.63. The first kappa shape index (κ1) is 20.7. The van der Waals surface area contributed by atoms with Crippen LogP contribution in [-0.2, 0) is 17.1 Å². The summed E-state index contributed by atoms with van der Waals surface area (Å²) in [4.78, 5) is 21.3. The molecule has 0 aliphatic carbocycles. The number of carbonyl (C=O) groups excluding carboxylic acids is 1. The summed E-state index contributed by atoms with van der Waals surface area (Å²) in [5.41, 5.74) is 2.76. The van der Waals surface area contributed by atoms with E-state index in [1.54, 1.807) is 23.9 Å². The quantitative estimate of drug-likeness (QED) is 0.672. The number of rotatable bonds is 4. The number of hydrogen-bond acceptors (Lipinski definition) is 5. The van der Waals surface area contributed by atoms with Gasteiger partial charge < -0.3 is 4.90 Å². The first-order chi connectivity index (χ1) is 14.1. The minimum absolute atomic E-state index is 0.126. The average molecular weight is 450 g/mol. The molecule has 1 fully saturated rings. The maximum atomic E-state index is 14.0. The molecular weight excluding hydrogens is 429 g/mol. The molecule has 4 rings (SSSR count). The fraction of sp³-hybridized carbons (Fsp3) is 0.333. The molecule has 2 aliphatic heterocycles. The van der Waals surface area contributed by atoms with Crippen molar-refractivity contribution in [3.8, 4) is 0 Å². The van der Waals surface area contributed by atoms with Crippen LogP contribution in [0.5, 0.6) is 0 Å². The van der Waals surface area contributed by atoms with Crippen molar-refractivity contribution < 1.29 is 9.18 Å². The molecule has 8 heteroatoms. The molecule has 4 nitrogen and oxygen atoms in total. The highest BCUT2D eigenvalue weighted by molar-refractivity contribution is 8.38.